The van der Waals surface area contributed by atoms with Gasteiger partial charge in [0.2, 0.25) is 0 Å². The molecule has 0 aromatic heterocycles. The van der Waals surface area contributed by atoms with Crippen LogP contribution in [-0.4, -0.2) is 47.3 Å². The molecule has 0 aliphatic carbocycles. The summed E-state index contributed by atoms with van der Waals surface area (Å²) in [6, 6.07) is 17.8. The van der Waals surface area contributed by atoms with Gasteiger partial charge in [-0.3, -0.25) is 0 Å². The Hall–Kier alpha value is -3.87. The first-order valence-electron chi connectivity index (χ1n) is 11.4. The van der Waals surface area contributed by atoms with Crippen molar-refractivity contribution in [2.24, 2.45) is 4.99 Å². The normalized spacial score (nSPS) is 17.2. The minimum Gasteiger partial charge on any atom is -0.454 e. The summed E-state index contributed by atoms with van der Waals surface area (Å²) >= 11 is 0. The second-order valence-corrected chi connectivity index (χ2v) is 8.94. The van der Waals surface area contributed by atoms with E-state index < -0.39 is 0 Å². The molecule has 2 amide bonds. The van der Waals surface area contributed by atoms with Crippen LogP contribution in [0, 0.1) is 19.7 Å². The van der Waals surface area contributed by atoms with E-state index in [1.54, 1.807) is 17.0 Å². The van der Waals surface area contributed by atoms with Crippen LogP contribution in [0.2, 0.25) is 0 Å². The van der Waals surface area contributed by atoms with Crippen LogP contribution in [0.4, 0.5) is 20.6 Å². The van der Waals surface area contributed by atoms with Gasteiger partial charge in [-0.1, -0.05) is 23.8 Å². The van der Waals surface area contributed by atoms with Crippen LogP contribution in [0.25, 0.3) is 0 Å². The lowest BCUT2D eigenvalue weighted by Crippen LogP contribution is -2.56. The lowest BCUT2D eigenvalue weighted by atomic mass is 10.1. The summed E-state index contributed by atoms with van der Waals surface area (Å²) in [5.41, 5.74) is 4.41. The second-order valence-electron chi connectivity index (χ2n) is 8.94. The summed E-state index contributed by atoms with van der Waals surface area (Å²) in [7, 11) is 0. The molecule has 2 heterocycles. The molecule has 7 heteroatoms. The van der Waals surface area contributed by atoms with E-state index in [4.69, 9.17) is 9.73 Å². The van der Waals surface area contributed by atoms with Gasteiger partial charge in [-0.2, -0.15) is 0 Å². The van der Waals surface area contributed by atoms with E-state index in [-0.39, 0.29) is 17.9 Å². The number of hydrogen-bond acceptors (Lipinski definition) is 4. The predicted molar refractivity (Wildman–Crippen MR) is 132 cm³/mol. The highest BCUT2D eigenvalue weighted by molar-refractivity contribution is 6.04. The summed E-state index contributed by atoms with van der Waals surface area (Å²) in [5, 5.41) is 2.81. The number of urea groups is 1. The Morgan fingerprint density at radius 3 is 2.62 bits per heavy atom. The van der Waals surface area contributed by atoms with E-state index >= 15 is 0 Å². The SMILES string of the molecule is Cc1ccc2c(c1)Oc1ccc(C)cc1C(N1CCN(C(=O)Nc3cccc(F)c3)C(C)C1)=N2. The Balaban J connectivity index is 1.41. The average Bonchev–Trinajstić information content (AvgIpc) is 2.95. The van der Waals surface area contributed by atoms with Crippen molar-refractivity contribution in [1.29, 1.82) is 0 Å². The smallest absolute Gasteiger partial charge is 0.322 e. The topological polar surface area (TPSA) is 57.2 Å². The monoisotopic (exact) mass is 458 g/mol. The minimum atomic E-state index is -0.381. The number of ether oxygens (including phenoxy) is 1. The molecule has 174 valence electrons. The van der Waals surface area contributed by atoms with Crippen LogP contribution < -0.4 is 10.1 Å². The fourth-order valence-electron chi connectivity index (χ4n) is 4.45. The van der Waals surface area contributed by atoms with Gasteiger partial charge in [-0.15, -0.1) is 0 Å². The second kappa shape index (κ2) is 8.82. The first kappa shape index (κ1) is 21.9. The maximum Gasteiger partial charge on any atom is 0.322 e. The number of piperazine rings is 1. The third-order valence-corrected chi connectivity index (χ3v) is 6.20. The van der Waals surface area contributed by atoms with E-state index in [0.29, 0.717) is 25.3 Å². The molecule has 1 N–H and O–H groups in total. The van der Waals surface area contributed by atoms with Gasteiger partial charge >= 0.3 is 6.03 Å². The van der Waals surface area contributed by atoms with E-state index in [2.05, 4.69) is 23.2 Å². The summed E-state index contributed by atoms with van der Waals surface area (Å²) in [6.45, 7) is 7.85. The molecular formula is C27H27FN4O2. The van der Waals surface area contributed by atoms with Gasteiger partial charge in [0.1, 0.15) is 23.1 Å². The maximum absolute atomic E-state index is 13.5. The molecule has 1 atom stereocenters. The molecule has 0 saturated carbocycles. The fraction of sp³-hybridized carbons (Fsp3) is 0.259. The number of amides is 2. The summed E-state index contributed by atoms with van der Waals surface area (Å²) in [6.07, 6.45) is 0. The van der Waals surface area contributed by atoms with Crippen LogP contribution in [-0.2, 0) is 0 Å². The van der Waals surface area contributed by atoms with Crippen LogP contribution in [0.1, 0.15) is 23.6 Å². The number of fused-ring (bicyclic) bond motifs is 2. The molecule has 6 nitrogen and oxygen atoms in total. The van der Waals surface area contributed by atoms with Crippen molar-refractivity contribution in [3.8, 4) is 11.5 Å². The summed E-state index contributed by atoms with van der Waals surface area (Å²) < 4.78 is 19.8. The lowest BCUT2D eigenvalue weighted by Gasteiger charge is -2.41. The fourth-order valence-corrected chi connectivity index (χ4v) is 4.45. The van der Waals surface area contributed by atoms with E-state index in [1.165, 1.54) is 12.1 Å². The minimum absolute atomic E-state index is 0.0695. The highest BCUT2D eigenvalue weighted by atomic mass is 19.1. The first-order valence-corrected chi connectivity index (χ1v) is 11.4. The number of anilines is 1. The van der Waals surface area contributed by atoms with Gasteiger partial charge < -0.3 is 19.9 Å². The zero-order valence-electron chi connectivity index (χ0n) is 19.5. The Morgan fingerprint density at radius 1 is 1.03 bits per heavy atom. The molecule has 3 aromatic rings. The van der Waals surface area contributed by atoms with Crippen molar-refractivity contribution in [2.75, 3.05) is 25.0 Å². The van der Waals surface area contributed by atoms with Crippen molar-refractivity contribution in [3.05, 3.63) is 83.2 Å². The van der Waals surface area contributed by atoms with E-state index in [0.717, 1.165) is 39.7 Å². The van der Waals surface area contributed by atoms with Crippen LogP contribution in [0.5, 0.6) is 11.5 Å². The Morgan fingerprint density at radius 2 is 1.82 bits per heavy atom. The lowest BCUT2D eigenvalue weighted by molar-refractivity contribution is 0.145. The number of rotatable bonds is 1. The van der Waals surface area contributed by atoms with Crippen LogP contribution in [0.15, 0.2) is 65.7 Å². The predicted octanol–water partition coefficient (Wildman–Crippen LogP) is 5.86. The van der Waals surface area contributed by atoms with Crippen LogP contribution in [0.3, 0.4) is 0 Å². The van der Waals surface area contributed by atoms with Crippen molar-refractivity contribution in [1.82, 2.24) is 9.80 Å². The number of aryl methyl sites for hydroxylation is 2. The van der Waals surface area contributed by atoms with Gasteiger partial charge in [-0.05, 0) is 68.8 Å². The van der Waals surface area contributed by atoms with Crippen LogP contribution >= 0.6 is 0 Å². The molecule has 3 aromatic carbocycles. The van der Waals surface area contributed by atoms with Gasteiger partial charge in [0.15, 0.2) is 5.75 Å². The molecule has 2 aliphatic rings. The standard InChI is InChI=1S/C27H27FN4O2/c1-17-8-10-24-22(13-17)26(30-23-9-7-18(2)14-25(23)34-24)31-11-12-32(19(3)16-31)27(33)29-21-6-4-5-20(28)15-21/h4-10,13-15,19H,11-12,16H2,1-3H3,(H,29,33). The Kier molecular flexibility index (Phi) is 5.69. The molecule has 0 bridgehead atoms. The van der Waals surface area contributed by atoms with Gasteiger partial charge in [0.25, 0.3) is 0 Å². The zero-order chi connectivity index (χ0) is 23.8. The molecule has 5 rings (SSSR count). The summed E-state index contributed by atoms with van der Waals surface area (Å²) in [5.74, 6) is 1.97. The van der Waals surface area contributed by atoms with Gasteiger partial charge in [0.05, 0.1) is 5.56 Å². The third-order valence-electron chi connectivity index (χ3n) is 6.20. The quantitative estimate of drug-likeness (QED) is 0.497. The molecular weight excluding hydrogens is 431 g/mol. The first-order chi connectivity index (χ1) is 16.4. The number of nitrogens with zero attached hydrogens (tertiary/aromatic N) is 3. The number of carbonyl (C=O) groups excluding carboxylic acids is 1. The number of halogens is 1. The van der Waals surface area contributed by atoms with Crippen molar-refractivity contribution in [2.45, 2.75) is 26.8 Å². The molecule has 1 saturated heterocycles. The van der Waals surface area contributed by atoms with Gasteiger partial charge in [-0.25, -0.2) is 14.2 Å². The van der Waals surface area contributed by atoms with Crippen molar-refractivity contribution < 1.29 is 13.9 Å². The molecule has 34 heavy (non-hydrogen) atoms. The number of nitrogens with one attached hydrogen (secondary N) is 1. The zero-order valence-corrected chi connectivity index (χ0v) is 19.5. The number of amidine groups is 1. The number of benzene rings is 3. The van der Waals surface area contributed by atoms with E-state index in [9.17, 15) is 9.18 Å². The van der Waals surface area contributed by atoms with Gasteiger partial charge in [0, 0.05) is 31.4 Å². The molecule has 1 fully saturated rings. The highest BCUT2D eigenvalue weighted by Crippen LogP contribution is 2.39. The largest absolute Gasteiger partial charge is 0.454 e. The molecule has 1 unspecified atom stereocenters. The third kappa shape index (κ3) is 4.33. The number of aliphatic imine (C=N–C) groups is 1. The molecule has 2 aliphatic heterocycles. The summed E-state index contributed by atoms with van der Waals surface area (Å²) in [4.78, 5) is 21.9. The molecule has 0 spiro atoms. The maximum atomic E-state index is 13.5. The average molecular weight is 459 g/mol. The van der Waals surface area contributed by atoms with Crippen molar-refractivity contribution in [3.63, 3.8) is 0 Å². The highest BCUT2D eigenvalue weighted by Gasteiger charge is 2.31. The van der Waals surface area contributed by atoms with E-state index in [1.807, 2.05) is 44.2 Å². The Bertz CT molecular complexity index is 1290. The number of hydrogen-bond donors (Lipinski definition) is 1. The Labute approximate surface area is 198 Å². The molecule has 0 radical (unpaired) electrons. The number of carbonyl (C=O) groups is 1. The van der Waals surface area contributed by atoms with Crippen molar-refractivity contribution >= 4 is 23.2 Å².